The van der Waals surface area contributed by atoms with Crippen LogP contribution in [0.2, 0.25) is 0 Å². The summed E-state index contributed by atoms with van der Waals surface area (Å²) in [6, 6.07) is 6.31. The van der Waals surface area contributed by atoms with E-state index in [4.69, 9.17) is 15.3 Å². The molecule has 0 radical (unpaired) electrons. The summed E-state index contributed by atoms with van der Waals surface area (Å²) in [5.74, 6) is 0.715. The second kappa shape index (κ2) is 15.0. The number of hydrogen-bond donors (Lipinski definition) is 3. The maximum absolute atomic E-state index is 13.0. The lowest BCUT2D eigenvalue weighted by Crippen LogP contribution is -2.41. The van der Waals surface area contributed by atoms with Crippen molar-refractivity contribution in [3.05, 3.63) is 30.0 Å². The maximum Gasteiger partial charge on any atom is 0.371 e. The molecule has 8 nitrogen and oxygen atoms in total. The molecule has 4 unspecified atom stereocenters. The molecule has 2 fully saturated rings. The van der Waals surface area contributed by atoms with Crippen LogP contribution < -0.4 is 11.1 Å². The van der Waals surface area contributed by atoms with Crippen LogP contribution in [0.1, 0.15) is 88.6 Å². The molecular formula is C30H44FN3O5. The summed E-state index contributed by atoms with van der Waals surface area (Å²) in [4.78, 5) is 35.9. The van der Waals surface area contributed by atoms with Crippen molar-refractivity contribution >= 4 is 34.9 Å². The van der Waals surface area contributed by atoms with Crippen LogP contribution in [-0.4, -0.2) is 53.6 Å². The van der Waals surface area contributed by atoms with Crippen LogP contribution in [0.4, 0.5) is 10.1 Å². The largest absolute Gasteiger partial charge is 0.475 e. The molecule has 1 saturated carbocycles. The fraction of sp³-hybridized carbons (Fsp3) is 0.633. The van der Waals surface area contributed by atoms with Gasteiger partial charge in [-0.15, -0.1) is 0 Å². The Morgan fingerprint density at radius 3 is 2.59 bits per heavy atom. The van der Waals surface area contributed by atoms with Gasteiger partial charge in [-0.2, -0.15) is 0 Å². The molecule has 216 valence electrons. The van der Waals surface area contributed by atoms with Crippen molar-refractivity contribution in [1.29, 1.82) is 0 Å². The van der Waals surface area contributed by atoms with Gasteiger partial charge < -0.3 is 25.5 Å². The lowest BCUT2D eigenvalue weighted by atomic mass is 9.77. The molecule has 1 aromatic heterocycles. The summed E-state index contributed by atoms with van der Waals surface area (Å²) in [6.45, 7) is 4.82. The summed E-state index contributed by atoms with van der Waals surface area (Å²) in [5, 5.41) is 11.8. The third kappa shape index (κ3) is 8.27. The van der Waals surface area contributed by atoms with Crippen LogP contribution in [0.15, 0.2) is 28.7 Å². The molecule has 2 aliphatic rings. The number of carboxylic acid groups (broad SMARTS) is 1. The number of carboxylic acids is 1. The summed E-state index contributed by atoms with van der Waals surface area (Å²) in [7, 11) is 0. The van der Waals surface area contributed by atoms with Gasteiger partial charge in [-0.1, -0.05) is 45.4 Å². The Kier molecular flexibility index (Phi) is 11.8. The first-order valence-electron chi connectivity index (χ1n) is 14.4. The molecule has 39 heavy (non-hydrogen) atoms. The summed E-state index contributed by atoms with van der Waals surface area (Å²) >= 11 is 0. The monoisotopic (exact) mass is 545 g/mol. The Morgan fingerprint density at radius 2 is 1.95 bits per heavy atom. The fourth-order valence-corrected chi connectivity index (χ4v) is 6.21. The Bertz CT molecular complexity index is 1080. The normalized spacial score (nSPS) is 21.2. The van der Waals surface area contributed by atoms with Crippen molar-refractivity contribution in [2.75, 3.05) is 18.5 Å². The van der Waals surface area contributed by atoms with Gasteiger partial charge in [0.25, 0.3) is 0 Å². The Balaban J connectivity index is 0.000000239. The number of rotatable bonds is 11. The quantitative estimate of drug-likeness (QED) is 0.298. The molecule has 2 amide bonds. The number of likely N-dealkylation sites (tertiary alicyclic amines) is 1. The van der Waals surface area contributed by atoms with Crippen molar-refractivity contribution in [2.24, 2.45) is 23.5 Å². The van der Waals surface area contributed by atoms with E-state index in [1.807, 2.05) is 0 Å². The average Bonchev–Trinajstić information content (AvgIpc) is 3.55. The Labute approximate surface area is 230 Å². The highest BCUT2D eigenvalue weighted by Gasteiger charge is 2.39. The molecule has 0 spiro atoms. The number of benzene rings is 1. The number of nitrogens with two attached hydrogens (primary N) is 1. The van der Waals surface area contributed by atoms with Gasteiger partial charge in [-0.05, 0) is 68.7 Å². The predicted molar refractivity (Wildman–Crippen MR) is 150 cm³/mol. The number of anilines is 1. The minimum Gasteiger partial charge on any atom is -0.475 e. The van der Waals surface area contributed by atoms with Crippen molar-refractivity contribution in [2.45, 2.75) is 90.1 Å². The first-order valence-corrected chi connectivity index (χ1v) is 14.4. The summed E-state index contributed by atoms with van der Waals surface area (Å²) < 4.78 is 17.5. The van der Waals surface area contributed by atoms with Crippen LogP contribution in [0.5, 0.6) is 0 Å². The third-order valence-electron chi connectivity index (χ3n) is 8.47. The van der Waals surface area contributed by atoms with Gasteiger partial charge in [0, 0.05) is 35.6 Å². The number of fused-ring (bicyclic) bond motifs is 1. The molecule has 2 heterocycles. The van der Waals surface area contributed by atoms with E-state index in [2.05, 4.69) is 24.1 Å². The van der Waals surface area contributed by atoms with Crippen molar-refractivity contribution in [3.63, 3.8) is 0 Å². The number of nitrogens with zero attached hydrogens (tertiary/aromatic N) is 1. The zero-order valence-corrected chi connectivity index (χ0v) is 23.2. The zero-order valence-electron chi connectivity index (χ0n) is 23.2. The lowest BCUT2D eigenvalue weighted by molar-refractivity contribution is -0.137. The number of carbonyl (C=O) groups excluding carboxylic acids is 2. The van der Waals surface area contributed by atoms with E-state index in [0.717, 1.165) is 31.7 Å². The smallest absolute Gasteiger partial charge is 0.371 e. The van der Waals surface area contributed by atoms with E-state index in [9.17, 15) is 18.8 Å². The molecule has 4 atom stereocenters. The molecule has 1 aliphatic heterocycles. The highest BCUT2D eigenvalue weighted by atomic mass is 19.1. The molecule has 2 aromatic rings. The Morgan fingerprint density at radius 1 is 1.21 bits per heavy atom. The molecule has 0 bridgehead atoms. The number of amides is 2. The first-order chi connectivity index (χ1) is 18.8. The summed E-state index contributed by atoms with van der Waals surface area (Å²) in [5.41, 5.74) is 6.72. The fourth-order valence-electron chi connectivity index (χ4n) is 6.21. The van der Waals surface area contributed by atoms with Gasteiger partial charge in [-0.25, -0.2) is 9.18 Å². The second-order valence-corrected chi connectivity index (χ2v) is 11.0. The van der Waals surface area contributed by atoms with E-state index < -0.39 is 12.6 Å². The van der Waals surface area contributed by atoms with Gasteiger partial charge in [0.05, 0.1) is 0 Å². The van der Waals surface area contributed by atoms with Crippen LogP contribution >= 0.6 is 0 Å². The van der Waals surface area contributed by atoms with Crippen LogP contribution in [0.25, 0.3) is 11.0 Å². The van der Waals surface area contributed by atoms with Crippen LogP contribution in [0, 0.1) is 17.8 Å². The molecule has 9 heteroatoms. The van der Waals surface area contributed by atoms with E-state index in [-0.39, 0.29) is 17.7 Å². The van der Waals surface area contributed by atoms with Crippen LogP contribution in [-0.2, 0) is 9.59 Å². The van der Waals surface area contributed by atoms with E-state index >= 15 is 0 Å². The van der Waals surface area contributed by atoms with E-state index in [0.29, 0.717) is 47.4 Å². The number of furan rings is 1. The molecule has 1 aromatic carbocycles. The Hall–Kier alpha value is -2.94. The highest BCUT2D eigenvalue weighted by molar-refractivity contribution is 5.93. The second-order valence-electron chi connectivity index (χ2n) is 11.0. The number of aromatic carboxylic acids is 1. The minimum absolute atomic E-state index is 0.0874. The molecule has 1 saturated heterocycles. The first kappa shape index (κ1) is 30.6. The van der Waals surface area contributed by atoms with Crippen molar-refractivity contribution in [3.8, 4) is 0 Å². The number of nitrogens with one attached hydrogen (secondary N) is 1. The van der Waals surface area contributed by atoms with E-state index in [1.54, 1.807) is 18.2 Å². The number of alkyl halides is 1. The van der Waals surface area contributed by atoms with Gasteiger partial charge in [0.1, 0.15) is 12.3 Å². The zero-order chi connectivity index (χ0) is 28.4. The SMILES string of the molecule is CCC(CCCC(N)CF)C(=O)N1CCC(C2CCCCC2)C1C.O=CNc1ccc2oc(C(=O)O)cc2c1. The maximum atomic E-state index is 13.0. The molecule has 4 rings (SSSR count). The van der Waals surface area contributed by atoms with Gasteiger partial charge in [0.15, 0.2) is 0 Å². The van der Waals surface area contributed by atoms with Crippen LogP contribution in [0.3, 0.4) is 0 Å². The van der Waals surface area contributed by atoms with Gasteiger partial charge in [0.2, 0.25) is 18.1 Å². The lowest BCUT2D eigenvalue weighted by Gasteiger charge is -2.33. The average molecular weight is 546 g/mol. The number of halogens is 1. The van der Waals surface area contributed by atoms with Crippen molar-refractivity contribution < 1.29 is 28.3 Å². The number of carbonyl (C=O) groups is 3. The number of hydrogen-bond acceptors (Lipinski definition) is 5. The standard InChI is InChI=1S/C20H37FN2O.C10H7NO4/c1-3-16(10-7-11-18(22)14-21)20(24)23-13-12-19(15(23)2)17-8-5-4-6-9-17;12-5-11-7-1-2-8-6(3-7)4-9(15-8)10(13)14/h15-19H,3-14,22H2,1-2H3;1-5H,(H,11,12)(H,13,14). The minimum atomic E-state index is -1.11. The molecular weight excluding hydrogens is 501 g/mol. The van der Waals surface area contributed by atoms with Gasteiger partial charge in [-0.3, -0.25) is 9.59 Å². The predicted octanol–water partition coefficient (Wildman–Crippen LogP) is 6.00. The molecule has 1 aliphatic carbocycles. The summed E-state index contributed by atoms with van der Waals surface area (Å²) in [6.07, 6.45) is 11.8. The molecule has 4 N–H and O–H groups in total. The topological polar surface area (TPSA) is 126 Å². The van der Waals surface area contributed by atoms with E-state index in [1.165, 1.54) is 44.6 Å². The third-order valence-corrected chi connectivity index (χ3v) is 8.47. The van der Waals surface area contributed by atoms with Crippen molar-refractivity contribution in [1.82, 2.24) is 4.90 Å². The highest BCUT2D eigenvalue weighted by Crippen LogP contribution is 2.39. The van der Waals surface area contributed by atoms with Gasteiger partial charge >= 0.3 is 5.97 Å².